The van der Waals surface area contributed by atoms with Gasteiger partial charge in [-0.1, -0.05) is 36.4 Å². The predicted octanol–water partition coefficient (Wildman–Crippen LogP) is 4.81. The van der Waals surface area contributed by atoms with Gasteiger partial charge in [-0.3, -0.25) is 0 Å². The first-order valence-corrected chi connectivity index (χ1v) is 7.95. The van der Waals surface area contributed by atoms with Crippen LogP contribution in [0.15, 0.2) is 57.8 Å². The van der Waals surface area contributed by atoms with Gasteiger partial charge in [0.05, 0.1) is 5.39 Å². The molecule has 0 aliphatic carbocycles. The van der Waals surface area contributed by atoms with Crippen LogP contribution in [0.1, 0.15) is 22.3 Å². The van der Waals surface area contributed by atoms with Gasteiger partial charge in [0.15, 0.2) is 0 Å². The third-order valence-electron chi connectivity index (χ3n) is 4.10. The molecule has 0 amide bonds. The molecule has 0 bridgehead atoms. The van der Waals surface area contributed by atoms with Crippen LogP contribution in [0, 0.1) is 20.8 Å². The predicted molar refractivity (Wildman–Crippen MR) is 97.7 cm³/mol. The molecule has 0 spiro atoms. The number of rotatable bonds is 4. The molecule has 0 N–H and O–H groups in total. The van der Waals surface area contributed by atoms with Crippen molar-refractivity contribution in [3.8, 4) is 5.75 Å². The van der Waals surface area contributed by atoms with Crippen molar-refractivity contribution in [2.24, 2.45) is 0 Å². The zero-order valence-electron chi connectivity index (χ0n) is 14.1. The van der Waals surface area contributed by atoms with E-state index in [4.69, 9.17) is 9.15 Å². The Labute approximate surface area is 141 Å². The monoisotopic (exact) mass is 320 g/mol. The first-order valence-electron chi connectivity index (χ1n) is 7.95. The van der Waals surface area contributed by atoms with Crippen molar-refractivity contribution in [3.05, 3.63) is 81.2 Å². The second-order valence-corrected chi connectivity index (χ2v) is 5.90. The molecule has 0 aliphatic heterocycles. The second kappa shape index (κ2) is 6.75. The van der Waals surface area contributed by atoms with Crippen molar-refractivity contribution in [2.75, 3.05) is 6.61 Å². The number of benzene rings is 2. The number of hydrogen-bond acceptors (Lipinski definition) is 3. The fourth-order valence-corrected chi connectivity index (χ4v) is 2.69. The van der Waals surface area contributed by atoms with E-state index in [0.29, 0.717) is 17.8 Å². The third-order valence-corrected chi connectivity index (χ3v) is 4.10. The van der Waals surface area contributed by atoms with Crippen LogP contribution < -0.4 is 10.4 Å². The summed E-state index contributed by atoms with van der Waals surface area (Å²) in [6, 6.07) is 13.9. The Balaban J connectivity index is 1.90. The van der Waals surface area contributed by atoms with E-state index in [9.17, 15) is 4.79 Å². The van der Waals surface area contributed by atoms with Gasteiger partial charge >= 0.3 is 5.63 Å². The molecule has 24 heavy (non-hydrogen) atoms. The molecule has 1 aromatic heterocycles. The Hall–Kier alpha value is -2.81. The molecule has 0 saturated carbocycles. The Morgan fingerprint density at radius 3 is 2.54 bits per heavy atom. The highest BCUT2D eigenvalue weighted by Gasteiger charge is 2.13. The zero-order chi connectivity index (χ0) is 17.1. The fraction of sp³-hybridized carbons (Fsp3) is 0.190. The topological polar surface area (TPSA) is 39.4 Å². The third kappa shape index (κ3) is 3.25. The van der Waals surface area contributed by atoms with E-state index in [0.717, 1.165) is 27.8 Å². The summed E-state index contributed by atoms with van der Waals surface area (Å²) in [7, 11) is 0. The van der Waals surface area contributed by atoms with E-state index in [1.165, 1.54) is 0 Å². The number of aryl methyl sites for hydroxylation is 2. The minimum absolute atomic E-state index is 0.291. The molecule has 3 heteroatoms. The van der Waals surface area contributed by atoms with E-state index in [1.54, 1.807) is 6.92 Å². The minimum Gasteiger partial charge on any atom is -0.489 e. The Morgan fingerprint density at radius 2 is 1.79 bits per heavy atom. The number of fused-ring (bicyclic) bond motifs is 1. The van der Waals surface area contributed by atoms with E-state index in [-0.39, 0.29) is 5.63 Å². The first-order chi connectivity index (χ1) is 11.6. The summed E-state index contributed by atoms with van der Waals surface area (Å²) in [4.78, 5) is 11.9. The van der Waals surface area contributed by atoms with Gasteiger partial charge in [-0.15, -0.1) is 0 Å². The molecule has 3 nitrogen and oxygen atoms in total. The summed E-state index contributed by atoms with van der Waals surface area (Å²) < 4.78 is 11.4. The van der Waals surface area contributed by atoms with E-state index in [2.05, 4.69) is 0 Å². The minimum atomic E-state index is -0.291. The van der Waals surface area contributed by atoms with E-state index >= 15 is 0 Å². The summed E-state index contributed by atoms with van der Waals surface area (Å²) in [5, 5.41) is 0.866. The van der Waals surface area contributed by atoms with Crippen LogP contribution in [0.2, 0.25) is 0 Å². The lowest BCUT2D eigenvalue weighted by atomic mass is 10.0. The molecule has 0 atom stereocenters. The number of ether oxygens (including phenoxy) is 1. The van der Waals surface area contributed by atoms with Gasteiger partial charge in [0.25, 0.3) is 0 Å². The highest BCUT2D eigenvalue weighted by molar-refractivity contribution is 5.88. The summed E-state index contributed by atoms with van der Waals surface area (Å²) in [6.45, 7) is 6.11. The summed E-state index contributed by atoms with van der Waals surface area (Å²) in [6.07, 6.45) is 4.00. The summed E-state index contributed by atoms with van der Waals surface area (Å²) >= 11 is 0. The smallest absolute Gasteiger partial charge is 0.339 e. The lowest BCUT2D eigenvalue weighted by Gasteiger charge is -2.11. The van der Waals surface area contributed by atoms with Crippen molar-refractivity contribution in [3.63, 3.8) is 0 Å². The summed E-state index contributed by atoms with van der Waals surface area (Å²) in [5.41, 5.74) is 3.94. The van der Waals surface area contributed by atoms with Crippen molar-refractivity contribution in [2.45, 2.75) is 20.8 Å². The maximum atomic E-state index is 11.9. The highest BCUT2D eigenvalue weighted by atomic mass is 16.5. The second-order valence-electron chi connectivity index (χ2n) is 5.90. The molecule has 3 aromatic rings. The zero-order valence-corrected chi connectivity index (χ0v) is 14.1. The van der Waals surface area contributed by atoms with Crippen molar-refractivity contribution in [1.29, 1.82) is 0 Å². The molecule has 0 fully saturated rings. The van der Waals surface area contributed by atoms with Crippen LogP contribution in [-0.2, 0) is 0 Å². The Morgan fingerprint density at radius 1 is 1.04 bits per heavy atom. The highest BCUT2D eigenvalue weighted by Crippen LogP contribution is 2.30. The molecule has 0 radical (unpaired) electrons. The van der Waals surface area contributed by atoms with Crippen molar-refractivity contribution in [1.82, 2.24) is 0 Å². The van der Waals surface area contributed by atoms with Crippen molar-refractivity contribution < 1.29 is 9.15 Å². The van der Waals surface area contributed by atoms with E-state index in [1.807, 2.05) is 68.5 Å². The van der Waals surface area contributed by atoms with Gasteiger partial charge < -0.3 is 9.15 Å². The van der Waals surface area contributed by atoms with Crippen LogP contribution in [0.25, 0.3) is 17.0 Å². The van der Waals surface area contributed by atoms with Crippen LogP contribution in [0.4, 0.5) is 0 Å². The Kier molecular flexibility index (Phi) is 4.52. The number of hydrogen-bond donors (Lipinski definition) is 0. The molecule has 0 aliphatic rings. The van der Waals surface area contributed by atoms with Crippen LogP contribution >= 0.6 is 0 Å². The van der Waals surface area contributed by atoms with Crippen LogP contribution in [0.3, 0.4) is 0 Å². The Bertz CT molecular complexity index is 950. The summed E-state index contributed by atoms with van der Waals surface area (Å²) in [5.74, 6) is 0.743. The quantitative estimate of drug-likeness (QED) is 0.648. The lowest BCUT2D eigenvalue weighted by molar-refractivity contribution is 0.367. The fourth-order valence-electron chi connectivity index (χ4n) is 2.69. The largest absolute Gasteiger partial charge is 0.489 e. The maximum Gasteiger partial charge on any atom is 0.339 e. The average Bonchev–Trinajstić information content (AvgIpc) is 2.57. The van der Waals surface area contributed by atoms with Gasteiger partial charge in [-0.25, -0.2) is 4.79 Å². The van der Waals surface area contributed by atoms with Gasteiger partial charge in [0.2, 0.25) is 0 Å². The molecule has 1 heterocycles. The molecule has 122 valence electrons. The SMILES string of the molecule is Cc1cc(OC/C=C/c2ccccc2)c2c(C)c(C)c(=O)oc2c1. The van der Waals surface area contributed by atoms with Crippen LogP contribution in [-0.4, -0.2) is 6.61 Å². The van der Waals surface area contributed by atoms with Gasteiger partial charge in [-0.05, 0) is 55.7 Å². The maximum absolute atomic E-state index is 11.9. The molecular weight excluding hydrogens is 300 g/mol. The van der Waals surface area contributed by atoms with Gasteiger partial charge in [0, 0.05) is 5.56 Å². The molecule has 2 aromatic carbocycles. The average molecular weight is 320 g/mol. The van der Waals surface area contributed by atoms with Crippen LogP contribution in [0.5, 0.6) is 5.75 Å². The lowest BCUT2D eigenvalue weighted by Crippen LogP contribution is -2.07. The van der Waals surface area contributed by atoms with Crippen molar-refractivity contribution >= 4 is 17.0 Å². The molecule has 0 saturated heterocycles. The van der Waals surface area contributed by atoms with Gasteiger partial charge in [-0.2, -0.15) is 0 Å². The molecular formula is C21H20O3. The van der Waals surface area contributed by atoms with E-state index < -0.39 is 0 Å². The van der Waals surface area contributed by atoms with Gasteiger partial charge in [0.1, 0.15) is 17.9 Å². The molecule has 0 unspecified atom stereocenters. The molecule has 3 rings (SSSR count). The normalized spacial score (nSPS) is 11.3. The standard InChI is InChI=1S/C21H20O3/c1-14-12-18(23-11-7-10-17-8-5-4-6-9-17)20-15(2)16(3)21(22)24-19(20)13-14/h4-10,12-13H,11H2,1-3H3/b10-7+. The first kappa shape index (κ1) is 16.1.